The number of para-hydroxylation sites is 2. The fraction of sp³-hybridized carbons (Fsp3) is 0.125. The molecule has 3 rings (SSSR count). The van der Waals surface area contributed by atoms with Gasteiger partial charge in [-0.1, -0.05) is 12.1 Å². The van der Waals surface area contributed by atoms with Crippen molar-refractivity contribution in [1.82, 2.24) is 4.98 Å². The van der Waals surface area contributed by atoms with Gasteiger partial charge in [0.2, 0.25) is 0 Å². The van der Waals surface area contributed by atoms with Crippen molar-refractivity contribution in [2.45, 2.75) is 13.5 Å². The van der Waals surface area contributed by atoms with Crippen LogP contribution in [-0.2, 0) is 11.3 Å². The zero-order valence-electron chi connectivity index (χ0n) is 12.0. The molecule has 6 heteroatoms. The van der Waals surface area contributed by atoms with E-state index in [-0.39, 0.29) is 12.5 Å². The maximum Gasteiger partial charge on any atom is 0.308 e. The first-order valence-corrected chi connectivity index (χ1v) is 6.80. The number of ether oxygens (including phenoxy) is 1. The Labute approximate surface area is 126 Å². The van der Waals surface area contributed by atoms with Crippen molar-refractivity contribution in [3.05, 3.63) is 48.0 Å². The maximum absolute atomic E-state index is 11.0. The van der Waals surface area contributed by atoms with Crippen molar-refractivity contribution in [1.29, 1.82) is 0 Å². The van der Waals surface area contributed by atoms with Crippen LogP contribution in [0.4, 0.5) is 11.7 Å². The molecule has 2 aromatic carbocycles. The average Bonchev–Trinajstić information content (AvgIpc) is 2.90. The molecule has 112 valence electrons. The van der Waals surface area contributed by atoms with Crippen molar-refractivity contribution in [2.75, 3.05) is 5.32 Å². The predicted molar refractivity (Wildman–Crippen MR) is 82.9 cm³/mol. The van der Waals surface area contributed by atoms with Gasteiger partial charge in [0.1, 0.15) is 11.3 Å². The highest BCUT2D eigenvalue weighted by Crippen LogP contribution is 2.27. The number of carbonyl (C=O) groups is 1. The van der Waals surface area contributed by atoms with E-state index in [4.69, 9.17) is 14.9 Å². The Morgan fingerprint density at radius 3 is 2.86 bits per heavy atom. The number of hydrogen-bond donors (Lipinski definition) is 2. The van der Waals surface area contributed by atoms with Gasteiger partial charge in [-0.05, 0) is 35.9 Å². The highest BCUT2D eigenvalue weighted by atomic mass is 16.5. The number of aromatic nitrogens is 1. The standard InChI is InChI=1S/C16H15N3O3/c1-10(20)21-12-6-7-13(11(8-12)9-17)18-16-19-14-4-2-3-5-15(14)22-16/h2-8H,9,17H2,1H3,(H,18,19). The number of oxazole rings is 1. The van der Waals surface area contributed by atoms with Gasteiger partial charge >= 0.3 is 5.97 Å². The minimum atomic E-state index is -0.373. The van der Waals surface area contributed by atoms with Gasteiger partial charge in [-0.25, -0.2) is 0 Å². The fourth-order valence-corrected chi connectivity index (χ4v) is 2.13. The molecule has 0 saturated heterocycles. The minimum Gasteiger partial charge on any atom is -0.427 e. The molecule has 0 unspecified atom stereocenters. The van der Waals surface area contributed by atoms with Crippen LogP contribution >= 0.6 is 0 Å². The molecule has 0 spiro atoms. The van der Waals surface area contributed by atoms with Gasteiger partial charge in [-0.2, -0.15) is 4.98 Å². The monoisotopic (exact) mass is 297 g/mol. The van der Waals surface area contributed by atoms with Gasteiger partial charge in [0.05, 0.1) is 0 Å². The van der Waals surface area contributed by atoms with E-state index in [0.29, 0.717) is 17.3 Å². The second-order valence-electron chi connectivity index (χ2n) is 4.73. The Bertz CT molecular complexity index is 793. The first kappa shape index (κ1) is 14.1. The molecule has 0 aliphatic rings. The molecular weight excluding hydrogens is 282 g/mol. The summed E-state index contributed by atoms with van der Waals surface area (Å²) in [4.78, 5) is 15.3. The molecule has 1 heterocycles. The van der Waals surface area contributed by atoms with Crippen molar-refractivity contribution in [3.8, 4) is 5.75 Å². The SMILES string of the molecule is CC(=O)Oc1ccc(Nc2nc3ccccc3o2)c(CN)c1. The normalized spacial score (nSPS) is 10.6. The molecule has 0 amide bonds. The van der Waals surface area contributed by atoms with Crippen molar-refractivity contribution in [2.24, 2.45) is 5.73 Å². The highest BCUT2D eigenvalue weighted by Gasteiger charge is 2.09. The number of benzene rings is 2. The Kier molecular flexibility index (Phi) is 3.76. The number of rotatable bonds is 4. The van der Waals surface area contributed by atoms with Crippen LogP contribution in [0.15, 0.2) is 46.9 Å². The molecule has 1 aromatic heterocycles. The van der Waals surface area contributed by atoms with E-state index in [1.54, 1.807) is 18.2 Å². The Hall–Kier alpha value is -2.86. The van der Waals surface area contributed by atoms with E-state index in [0.717, 1.165) is 16.8 Å². The lowest BCUT2D eigenvalue weighted by Crippen LogP contribution is -2.05. The third-order valence-corrected chi connectivity index (χ3v) is 3.09. The molecule has 0 fully saturated rings. The summed E-state index contributed by atoms with van der Waals surface area (Å²) in [5, 5.41) is 3.10. The van der Waals surface area contributed by atoms with Gasteiger partial charge in [0.25, 0.3) is 6.01 Å². The lowest BCUT2D eigenvalue weighted by Gasteiger charge is -2.10. The van der Waals surface area contributed by atoms with Crippen molar-refractivity contribution < 1.29 is 13.9 Å². The quantitative estimate of drug-likeness (QED) is 0.568. The molecule has 3 N–H and O–H groups in total. The van der Waals surface area contributed by atoms with E-state index < -0.39 is 0 Å². The van der Waals surface area contributed by atoms with Crippen LogP contribution < -0.4 is 15.8 Å². The summed E-state index contributed by atoms with van der Waals surface area (Å²) in [6, 6.07) is 13.1. The number of carbonyl (C=O) groups excluding carboxylic acids is 1. The molecule has 6 nitrogen and oxygen atoms in total. The third kappa shape index (κ3) is 2.91. The third-order valence-electron chi connectivity index (χ3n) is 3.09. The van der Waals surface area contributed by atoms with Crippen LogP contribution in [0.5, 0.6) is 5.75 Å². The predicted octanol–water partition coefficient (Wildman–Crippen LogP) is 2.96. The first-order valence-electron chi connectivity index (χ1n) is 6.80. The Morgan fingerprint density at radius 2 is 2.14 bits per heavy atom. The van der Waals surface area contributed by atoms with Crippen LogP contribution in [0.25, 0.3) is 11.1 Å². The Balaban J connectivity index is 1.89. The lowest BCUT2D eigenvalue weighted by molar-refractivity contribution is -0.131. The van der Waals surface area contributed by atoms with Crippen molar-refractivity contribution in [3.63, 3.8) is 0 Å². The van der Waals surface area contributed by atoms with Gasteiger partial charge < -0.3 is 20.2 Å². The summed E-state index contributed by atoms with van der Waals surface area (Å²) < 4.78 is 10.7. The van der Waals surface area contributed by atoms with Gasteiger partial charge in [-0.3, -0.25) is 4.79 Å². The lowest BCUT2D eigenvalue weighted by atomic mass is 10.1. The van der Waals surface area contributed by atoms with Crippen molar-refractivity contribution >= 4 is 28.8 Å². The molecule has 3 aromatic rings. The van der Waals surface area contributed by atoms with E-state index in [1.165, 1.54) is 6.92 Å². The summed E-state index contributed by atoms with van der Waals surface area (Å²) in [6.07, 6.45) is 0. The topological polar surface area (TPSA) is 90.4 Å². The fourth-order valence-electron chi connectivity index (χ4n) is 2.13. The maximum atomic E-state index is 11.0. The molecule has 0 aliphatic carbocycles. The number of esters is 1. The summed E-state index contributed by atoms with van der Waals surface area (Å²) in [6.45, 7) is 1.64. The van der Waals surface area contributed by atoms with E-state index in [2.05, 4.69) is 10.3 Å². The van der Waals surface area contributed by atoms with Gasteiger partial charge in [0.15, 0.2) is 5.58 Å². The van der Waals surface area contributed by atoms with E-state index in [1.807, 2.05) is 24.3 Å². The Morgan fingerprint density at radius 1 is 1.32 bits per heavy atom. The number of fused-ring (bicyclic) bond motifs is 1. The summed E-state index contributed by atoms with van der Waals surface area (Å²) in [5.41, 5.74) is 8.77. The van der Waals surface area contributed by atoms with Gasteiger partial charge in [0, 0.05) is 19.2 Å². The molecule has 0 aliphatic heterocycles. The highest BCUT2D eigenvalue weighted by molar-refractivity contribution is 5.75. The second-order valence-corrected chi connectivity index (χ2v) is 4.73. The van der Waals surface area contributed by atoms with Crippen LogP contribution in [0.2, 0.25) is 0 Å². The summed E-state index contributed by atoms with van der Waals surface area (Å²) >= 11 is 0. The number of nitrogens with zero attached hydrogens (tertiary/aromatic N) is 1. The first-order chi connectivity index (χ1) is 10.7. The summed E-state index contributed by atoms with van der Waals surface area (Å²) in [5.74, 6) is 0.0821. The number of anilines is 2. The number of hydrogen-bond acceptors (Lipinski definition) is 6. The molecule has 22 heavy (non-hydrogen) atoms. The molecular formula is C16H15N3O3. The van der Waals surface area contributed by atoms with Crippen LogP contribution in [-0.4, -0.2) is 11.0 Å². The van der Waals surface area contributed by atoms with Crippen LogP contribution in [0, 0.1) is 0 Å². The molecule has 0 bridgehead atoms. The second kappa shape index (κ2) is 5.87. The zero-order valence-corrected chi connectivity index (χ0v) is 12.0. The van der Waals surface area contributed by atoms with Crippen LogP contribution in [0.1, 0.15) is 12.5 Å². The number of nitrogens with two attached hydrogens (primary N) is 1. The molecule has 0 radical (unpaired) electrons. The minimum absolute atomic E-state index is 0.289. The van der Waals surface area contributed by atoms with Crippen LogP contribution in [0.3, 0.4) is 0 Å². The average molecular weight is 297 g/mol. The van der Waals surface area contributed by atoms with E-state index >= 15 is 0 Å². The summed E-state index contributed by atoms with van der Waals surface area (Å²) in [7, 11) is 0. The molecule has 0 atom stereocenters. The zero-order chi connectivity index (χ0) is 15.5. The molecule has 0 saturated carbocycles. The largest absolute Gasteiger partial charge is 0.427 e. The smallest absolute Gasteiger partial charge is 0.308 e. The number of nitrogens with one attached hydrogen (secondary N) is 1. The van der Waals surface area contributed by atoms with E-state index in [9.17, 15) is 4.79 Å². The van der Waals surface area contributed by atoms with Gasteiger partial charge in [-0.15, -0.1) is 0 Å².